The molecule has 0 unspecified atom stereocenters. The van der Waals surface area contributed by atoms with Gasteiger partial charge in [-0.05, 0) is 25.3 Å². The van der Waals surface area contributed by atoms with Gasteiger partial charge in [0.15, 0.2) is 11.4 Å². The number of thiazole rings is 1. The van der Waals surface area contributed by atoms with Crippen molar-refractivity contribution >= 4 is 22.5 Å². The van der Waals surface area contributed by atoms with Crippen LogP contribution in [0.4, 0.5) is 9.93 Å². The highest BCUT2D eigenvalue weighted by atomic mass is 32.1. The minimum absolute atomic E-state index is 0.0595. The van der Waals surface area contributed by atoms with Gasteiger partial charge in [0.05, 0.1) is 10.6 Å². The van der Waals surface area contributed by atoms with E-state index >= 15 is 0 Å². The number of amides is 2. The molecule has 3 rings (SSSR count). The number of anilines is 1. The van der Waals surface area contributed by atoms with Crippen molar-refractivity contribution in [3.05, 3.63) is 46.5 Å². The summed E-state index contributed by atoms with van der Waals surface area (Å²) in [5, 5.41) is 19.2. The summed E-state index contributed by atoms with van der Waals surface area (Å²) < 4.78 is 0. The van der Waals surface area contributed by atoms with Gasteiger partial charge in [0, 0.05) is 19.6 Å². The average Bonchev–Trinajstić information content (AvgIpc) is 3.12. The molecular weight excluding hydrogens is 326 g/mol. The number of hydrogen-bond acceptors (Lipinski definition) is 5. The molecule has 2 aromatic rings. The molecule has 0 saturated carbocycles. The Bertz CT molecular complexity index is 702. The third kappa shape index (κ3) is 3.58. The lowest BCUT2D eigenvalue weighted by atomic mass is 10.1. The minimum atomic E-state index is -1.55. The van der Waals surface area contributed by atoms with Crippen LogP contribution in [0, 0.1) is 6.92 Å². The number of hydrogen-bond donors (Lipinski definition) is 2. The van der Waals surface area contributed by atoms with E-state index in [1.807, 2.05) is 23.1 Å². The number of carbonyl (C=O) groups excluding carboxylic acids is 1. The first-order chi connectivity index (χ1) is 11.6. The second kappa shape index (κ2) is 7.29. The molecule has 6 nitrogen and oxygen atoms in total. The van der Waals surface area contributed by atoms with Gasteiger partial charge in [-0.15, -0.1) is 0 Å². The van der Waals surface area contributed by atoms with E-state index in [1.165, 1.54) is 5.56 Å². The highest BCUT2D eigenvalue weighted by Crippen LogP contribution is 2.31. The molecule has 1 aliphatic heterocycles. The number of benzene rings is 1. The Hall–Kier alpha value is -1.96. The number of carbonyl (C=O) groups is 1. The molecule has 1 aliphatic rings. The summed E-state index contributed by atoms with van der Waals surface area (Å²) in [4.78, 5) is 20.7. The van der Waals surface area contributed by atoms with Crippen molar-refractivity contribution in [3.63, 3.8) is 0 Å². The second-order valence-electron chi connectivity index (χ2n) is 5.83. The summed E-state index contributed by atoms with van der Waals surface area (Å²) in [7, 11) is 0. The van der Waals surface area contributed by atoms with Gasteiger partial charge in [-0.25, -0.2) is 9.78 Å². The van der Waals surface area contributed by atoms with E-state index in [1.54, 1.807) is 11.8 Å². The molecule has 2 N–H and O–H groups in total. The van der Waals surface area contributed by atoms with E-state index in [2.05, 4.69) is 17.1 Å². The number of rotatable bonds is 6. The minimum Gasteiger partial charge on any atom is -0.364 e. The first kappa shape index (κ1) is 16.9. The summed E-state index contributed by atoms with van der Waals surface area (Å²) in [6, 6.07) is 10.2. The van der Waals surface area contributed by atoms with Gasteiger partial charge < -0.3 is 15.1 Å². The first-order valence-electron chi connectivity index (χ1n) is 8.00. The summed E-state index contributed by atoms with van der Waals surface area (Å²) in [6.07, 6.45) is 0.319. The molecule has 2 amide bonds. The Kier molecular flexibility index (Phi) is 5.13. The number of aliphatic hydroxyl groups is 2. The smallest absolute Gasteiger partial charge is 0.326 e. The molecular formula is C17H21N3O3S. The van der Waals surface area contributed by atoms with Gasteiger partial charge in [0.1, 0.15) is 0 Å². The van der Waals surface area contributed by atoms with Gasteiger partial charge in [0.25, 0.3) is 0 Å². The van der Waals surface area contributed by atoms with Crippen LogP contribution < -0.4 is 4.90 Å². The van der Waals surface area contributed by atoms with Gasteiger partial charge in [-0.1, -0.05) is 41.7 Å². The van der Waals surface area contributed by atoms with Gasteiger partial charge >= 0.3 is 6.03 Å². The maximum absolute atomic E-state index is 12.5. The fourth-order valence-electron chi connectivity index (χ4n) is 2.83. The van der Waals surface area contributed by atoms with Crippen LogP contribution in [0.5, 0.6) is 0 Å². The Balaban J connectivity index is 1.58. The maximum Gasteiger partial charge on any atom is 0.326 e. The molecule has 1 aromatic heterocycles. The van der Waals surface area contributed by atoms with Crippen LogP contribution in [0.3, 0.4) is 0 Å². The van der Waals surface area contributed by atoms with E-state index < -0.39 is 6.29 Å². The topological polar surface area (TPSA) is 76.9 Å². The Morgan fingerprint density at radius 1 is 1.25 bits per heavy atom. The summed E-state index contributed by atoms with van der Waals surface area (Å²) in [6.45, 7) is 3.68. The number of aliphatic hydroxyl groups excluding tert-OH is 1. The van der Waals surface area contributed by atoms with Gasteiger partial charge in [-0.2, -0.15) is 0 Å². The molecule has 2 heterocycles. The predicted octanol–water partition coefficient (Wildman–Crippen LogP) is 2.31. The van der Waals surface area contributed by atoms with Crippen molar-refractivity contribution in [3.8, 4) is 0 Å². The molecule has 1 fully saturated rings. The molecule has 7 heteroatoms. The SMILES string of the molecule is Cc1nc(N2CCN(CCCc3ccccc3)C2=O)sc1C(O)O. The molecule has 0 atom stereocenters. The van der Waals surface area contributed by atoms with Crippen molar-refractivity contribution < 1.29 is 15.0 Å². The Morgan fingerprint density at radius 2 is 2.00 bits per heavy atom. The predicted molar refractivity (Wildman–Crippen MR) is 93.1 cm³/mol. The van der Waals surface area contributed by atoms with Crippen LogP contribution in [0.25, 0.3) is 0 Å². The molecule has 0 aliphatic carbocycles. The molecule has 128 valence electrons. The van der Waals surface area contributed by atoms with Crippen LogP contribution in [-0.2, 0) is 6.42 Å². The Morgan fingerprint density at radius 3 is 2.67 bits per heavy atom. The Labute approximate surface area is 145 Å². The van der Waals surface area contributed by atoms with Crippen LogP contribution >= 0.6 is 11.3 Å². The molecule has 0 radical (unpaired) electrons. The zero-order valence-corrected chi connectivity index (χ0v) is 14.4. The van der Waals surface area contributed by atoms with E-state index in [9.17, 15) is 15.0 Å². The lowest BCUT2D eigenvalue weighted by molar-refractivity contribution is -0.0401. The van der Waals surface area contributed by atoms with Crippen molar-refractivity contribution in [2.24, 2.45) is 0 Å². The van der Waals surface area contributed by atoms with Crippen molar-refractivity contribution in [1.82, 2.24) is 9.88 Å². The van der Waals surface area contributed by atoms with E-state index in [0.29, 0.717) is 35.3 Å². The largest absolute Gasteiger partial charge is 0.364 e. The molecule has 0 spiro atoms. The van der Waals surface area contributed by atoms with Crippen molar-refractivity contribution in [1.29, 1.82) is 0 Å². The van der Waals surface area contributed by atoms with Gasteiger partial charge in [0.2, 0.25) is 0 Å². The zero-order valence-electron chi connectivity index (χ0n) is 13.6. The highest BCUT2D eigenvalue weighted by molar-refractivity contribution is 7.16. The lowest BCUT2D eigenvalue weighted by Gasteiger charge is -2.16. The number of aryl methyl sites for hydroxylation is 2. The van der Waals surface area contributed by atoms with Crippen LogP contribution in [0.2, 0.25) is 0 Å². The lowest BCUT2D eigenvalue weighted by Crippen LogP contribution is -2.32. The van der Waals surface area contributed by atoms with Crippen LogP contribution in [0.1, 0.15) is 28.8 Å². The van der Waals surface area contributed by atoms with Gasteiger partial charge in [-0.3, -0.25) is 4.90 Å². The van der Waals surface area contributed by atoms with Crippen LogP contribution in [-0.4, -0.2) is 45.8 Å². The molecule has 1 saturated heterocycles. The normalized spacial score (nSPS) is 14.9. The first-order valence-corrected chi connectivity index (χ1v) is 8.81. The van der Waals surface area contributed by atoms with Crippen molar-refractivity contribution in [2.45, 2.75) is 26.1 Å². The number of urea groups is 1. The summed E-state index contributed by atoms with van der Waals surface area (Å²) >= 11 is 1.16. The second-order valence-corrected chi connectivity index (χ2v) is 6.84. The van der Waals surface area contributed by atoms with Crippen LogP contribution in [0.15, 0.2) is 30.3 Å². The van der Waals surface area contributed by atoms with E-state index in [0.717, 1.165) is 24.2 Å². The molecule has 1 aromatic carbocycles. The monoisotopic (exact) mass is 347 g/mol. The number of aromatic nitrogens is 1. The molecule has 24 heavy (non-hydrogen) atoms. The molecule has 0 bridgehead atoms. The third-order valence-corrected chi connectivity index (χ3v) is 5.34. The van der Waals surface area contributed by atoms with E-state index in [4.69, 9.17) is 0 Å². The number of nitrogens with zero attached hydrogens (tertiary/aromatic N) is 3. The standard InChI is InChI=1S/C17H21N3O3S/c1-12-14(15(21)22)24-16(18-12)20-11-10-19(17(20)23)9-5-8-13-6-3-2-4-7-13/h2-4,6-7,15,21-22H,5,8-11H2,1H3. The van der Waals surface area contributed by atoms with Crippen molar-refractivity contribution in [2.75, 3.05) is 24.5 Å². The summed E-state index contributed by atoms with van der Waals surface area (Å²) in [5.41, 5.74) is 1.83. The fourth-order valence-corrected chi connectivity index (χ4v) is 3.79. The average molecular weight is 347 g/mol. The fraction of sp³-hybridized carbons (Fsp3) is 0.412. The summed E-state index contributed by atoms with van der Waals surface area (Å²) in [5.74, 6) is 0. The third-order valence-electron chi connectivity index (χ3n) is 4.12. The van der Waals surface area contributed by atoms with E-state index in [-0.39, 0.29) is 6.03 Å². The highest BCUT2D eigenvalue weighted by Gasteiger charge is 2.32. The maximum atomic E-state index is 12.5. The zero-order chi connectivity index (χ0) is 17.1. The quantitative estimate of drug-likeness (QED) is 0.786.